The minimum Gasteiger partial charge on any atom is -0.454 e. The van der Waals surface area contributed by atoms with Crippen LogP contribution >= 0.6 is 27.5 Å². The third-order valence-corrected chi connectivity index (χ3v) is 3.82. The summed E-state index contributed by atoms with van der Waals surface area (Å²) in [5, 5.41) is 0.947. The molecule has 0 unspecified atom stereocenters. The van der Waals surface area contributed by atoms with Crippen molar-refractivity contribution in [2.75, 3.05) is 0 Å². The Bertz CT molecular complexity index is 646. The van der Waals surface area contributed by atoms with Crippen LogP contribution in [0.1, 0.15) is 30.2 Å². The van der Waals surface area contributed by atoms with E-state index in [1.165, 1.54) is 11.1 Å². The summed E-state index contributed by atoms with van der Waals surface area (Å²) in [6.45, 7) is 2.15. The van der Waals surface area contributed by atoms with Crippen molar-refractivity contribution in [1.29, 1.82) is 0 Å². The summed E-state index contributed by atoms with van der Waals surface area (Å²) < 4.78 is 6.45. The smallest absolute Gasteiger partial charge is 0.158 e. The Morgan fingerprint density at radius 2 is 2.33 bits per heavy atom. The fraction of sp³-hybridized carbons (Fsp3) is 0.200. The number of rotatable bonds is 3. The number of halogens is 2. The van der Waals surface area contributed by atoms with Crippen LogP contribution in [-0.4, -0.2) is 0 Å². The highest BCUT2D eigenvalue weighted by atomic mass is 79.9. The molecule has 1 aromatic carbocycles. The first-order chi connectivity index (χ1) is 8.71. The molecule has 1 heterocycles. The second-order valence-corrected chi connectivity index (χ2v) is 5.06. The van der Waals surface area contributed by atoms with E-state index in [2.05, 4.69) is 34.8 Å². The van der Waals surface area contributed by atoms with Crippen LogP contribution in [0, 0.1) is 12.3 Å². The van der Waals surface area contributed by atoms with Gasteiger partial charge in [-0.1, -0.05) is 36.9 Å². The minimum atomic E-state index is 0.608. The standard InChI is InChI=1S/C15H12BrClO/c1-3-5-10-6-7-12-11(4-2)15(13(16)9-17)18-14(12)8-10/h2,6-9H,3,5H2,1H3/b13-9+. The Labute approximate surface area is 120 Å². The molecule has 0 aliphatic carbocycles. The van der Waals surface area contributed by atoms with Crippen LogP contribution in [-0.2, 0) is 6.42 Å². The normalized spacial score (nSPS) is 11.8. The van der Waals surface area contributed by atoms with Gasteiger partial charge in [0, 0.05) is 10.9 Å². The van der Waals surface area contributed by atoms with E-state index in [0.29, 0.717) is 10.2 Å². The third-order valence-electron chi connectivity index (χ3n) is 2.75. The maximum atomic E-state index is 5.79. The van der Waals surface area contributed by atoms with Gasteiger partial charge in [-0.2, -0.15) is 0 Å². The van der Waals surface area contributed by atoms with Gasteiger partial charge in [0.15, 0.2) is 5.76 Å². The zero-order valence-electron chi connectivity index (χ0n) is 9.97. The molecule has 2 aromatic rings. The van der Waals surface area contributed by atoms with Gasteiger partial charge >= 0.3 is 0 Å². The topological polar surface area (TPSA) is 13.1 Å². The van der Waals surface area contributed by atoms with Crippen LogP contribution in [0.5, 0.6) is 0 Å². The highest BCUT2D eigenvalue weighted by molar-refractivity contribution is 9.15. The average Bonchev–Trinajstić information content (AvgIpc) is 2.75. The van der Waals surface area contributed by atoms with Crippen molar-refractivity contribution in [1.82, 2.24) is 0 Å². The van der Waals surface area contributed by atoms with Crippen molar-refractivity contribution in [3.8, 4) is 12.3 Å². The number of hydrogen-bond acceptors (Lipinski definition) is 1. The Morgan fingerprint density at radius 3 is 2.94 bits per heavy atom. The number of hydrogen-bond donors (Lipinski definition) is 0. The molecule has 0 radical (unpaired) electrons. The van der Waals surface area contributed by atoms with Crippen LogP contribution in [0.15, 0.2) is 28.2 Å². The molecule has 1 aromatic heterocycles. The van der Waals surface area contributed by atoms with Crippen LogP contribution in [0.4, 0.5) is 0 Å². The van der Waals surface area contributed by atoms with Gasteiger partial charge in [0.2, 0.25) is 0 Å². The summed E-state index contributed by atoms with van der Waals surface area (Å²) in [5.74, 6) is 3.27. The molecule has 2 rings (SSSR count). The molecule has 0 aliphatic heterocycles. The largest absolute Gasteiger partial charge is 0.454 e. The van der Waals surface area contributed by atoms with Gasteiger partial charge in [-0.3, -0.25) is 0 Å². The summed E-state index contributed by atoms with van der Waals surface area (Å²) in [6.07, 6.45) is 7.68. The first-order valence-corrected chi connectivity index (χ1v) is 6.92. The Kier molecular flexibility index (Phi) is 4.16. The number of terminal acetylenes is 1. The van der Waals surface area contributed by atoms with Crippen LogP contribution in [0.2, 0.25) is 0 Å². The molecular weight excluding hydrogens is 312 g/mol. The highest BCUT2D eigenvalue weighted by Crippen LogP contribution is 2.34. The molecule has 0 fully saturated rings. The van der Waals surface area contributed by atoms with E-state index in [1.807, 2.05) is 12.1 Å². The predicted molar refractivity (Wildman–Crippen MR) is 80.9 cm³/mol. The zero-order valence-corrected chi connectivity index (χ0v) is 12.3. The fourth-order valence-corrected chi connectivity index (χ4v) is 2.32. The van der Waals surface area contributed by atoms with E-state index < -0.39 is 0 Å². The molecule has 0 bridgehead atoms. The molecule has 0 aliphatic rings. The van der Waals surface area contributed by atoms with E-state index >= 15 is 0 Å². The monoisotopic (exact) mass is 322 g/mol. The molecule has 18 heavy (non-hydrogen) atoms. The number of furan rings is 1. The quantitative estimate of drug-likeness (QED) is 0.699. The van der Waals surface area contributed by atoms with Gasteiger partial charge in [0.1, 0.15) is 5.58 Å². The van der Waals surface area contributed by atoms with Gasteiger partial charge < -0.3 is 4.42 Å². The Morgan fingerprint density at radius 1 is 1.56 bits per heavy atom. The van der Waals surface area contributed by atoms with Gasteiger partial charge in [0.25, 0.3) is 0 Å². The lowest BCUT2D eigenvalue weighted by molar-refractivity contribution is 0.601. The molecule has 0 atom stereocenters. The summed E-state index contributed by atoms with van der Waals surface area (Å²) in [4.78, 5) is 0. The molecule has 3 heteroatoms. The molecule has 0 N–H and O–H groups in total. The van der Waals surface area contributed by atoms with Crippen molar-refractivity contribution in [3.05, 3.63) is 40.6 Å². The van der Waals surface area contributed by atoms with Crippen molar-refractivity contribution >= 4 is 43.0 Å². The maximum Gasteiger partial charge on any atom is 0.158 e. The van der Waals surface area contributed by atoms with Crippen molar-refractivity contribution in [2.24, 2.45) is 0 Å². The summed E-state index contributed by atoms with van der Waals surface area (Å²) in [5.41, 5.74) is 4.20. The SMILES string of the molecule is C#Cc1c(/C(Br)=C\Cl)oc2cc(CCC)ccc12. The van der Waals surface area contributed by atoms with Gasteiger partial charge in [0.05, 0.1) is 10.0 Å². The highest BCUT2D eigenvalue weighted by Gasteiger charge is 2.14. The second-order valence-electron chi connectivity index (χ2n) is 3.99. The third kappa shape index (κ3) is 2.34. The molecular formula is C15H12BrClO. The Balaban J connectivity index is 2.65. The van der Waals surface area contributed by atoms with E-state index in [1.54, 1.807) is 0 Å². The van der Waals surface area contributed by atoms with Crippen molar-refractivity contribution < 1.29 is 4.42 Å². The van der Waals surface area contributed by atoms with Crippen molar-refractivity contribution in [3.63, 3.8) is 0 Å². The summed E-state index contributed by atoms with van der Waals surface area (Å²) in [7, 11) is 0. The second kappa shape index (κ2) is 5.65. The zero-order chi connectivity index (χ0) is 13.1. The van der Waals surface area contributed by atoms with E-state index in [9.17, 15) is 0 Å². The fourth-order valence-electron chi connectivity index (χ4n) is 1.95. The number of fused-ring (bicyclic) bond motifs is 1. The van der Waals surface area contributed by atoms with Crippen LogP contribution in [0.3, 0.4) is 0 Å². The molecule has 0 saturated carbocycles. The van der Waals surface area contributed by atoms with E-state index in [4.69, 9.17) is 22.4 Å². The molecule has 0 spiro atoms. The van der Waals surface area contributed by atoms with Gasteiger partial charge in [-0.15, -0.1) is 6.42 Å². The summed E-state index contributed by atoms with van der Waals surface area (Å²) in [6, 6.07) is 6.14. The lowest BCUT2D eigenvalue weighted by Crippen LogP contribution is -1.82. The van der Waals surface area contributed by atoms with Crippen molar-refractivity contribution in [2.45, 2.75) is 19.8 Å². The average molecular weight is 324 g/mol. The van der Waals surface area contributed by atoms with Gasteiger partial charge in [-0.25, -0.2) is 0 Å². The lowest BCUT2D eigenvalue weighted by atomic mass is 10.1. The number of benzene rings is 1. The molecule has 1 nitrogen and oxygen atoms in total. The molecule has 0 amide bonds. The Hall–Kier alpha value is -1.17. The summed E-state index contributed by atoms with van der Waals surface area (Å²) >= 11 is 9.03. The minimum absolute atomic E-state index is 0.608. The lowest BCUT2D eigenvalue weighted by Gasteiger charge is -1.97. The first kappa shape index (κ1) is 13.3. The van der Waals surface area contributed by atoms with Crippen LogP contribution in [0.25, 0.3) is 15.5 Å². The molecule has 92 valence electrons. The van der Waals surface area contributed by atoms with E-state index in [-0.39, 0.29) is 0 Å². The van der Waals surface area contributed by atoms with Gasteiger partial charge in [-0.05, 0) is 40.0 Å². The predicted octanol–water partition coefficient (Wildman–Crippen LogP) is 5.30. The number of aryl methyl sites for hydroxylation is 1. The first-order valence-electron chi connectivity index (χ1n) is 5.69. The molecule has 0 saturated heterocycles. The van der Waals surface area contributed by atoms with E-state index in [0.717, 1.165) is 29.4 Å². The van der Waals surface area contributed by atoms with Crippen LogP contribution < -0.4 is 0 Å². The maximum absolute atomic E-state index is 5.79.